The molecule has 1 atom stereocenters. The number of carbonyl (C=O) groups is 2. The molecule has 10 heteroatoms. The molecule has 1 N–H and O–H groups in total. The third-order valence-electron chi connectivity index (χ3n) is 3.57. The summed E-state index contributed by atoms with van der Waals surface area (Å²) < 4.78 is 35.7. The molecule has 2 rings (SSSR count). The van der Waals surface area contributed by atoms with Crippen LogP contribution in [0.3, 0.4) is 0 Å². The van der Waals surface area contributed by atoms with Crippen LogP contribution in [0.25, 0.3) is 0 Å². The number of amides is 1. The van der Waals surface area contributed by atoms with Crippen molar-refractivity contribution in [1.29, 1.82) is 0 Å². The van der Waals surface area contributed by atoms with Crippen LogP contribution < -0.4 is 5.32 Å². The Morgan fingerprint density at radius 2 is 1.93 bits per heavy atom. The summed E-state index contributed by atoms with van der Waals surface area (Å²) in [7, 11) is -2.64. The van der Waals surface area contributed by atoms with Gasteiger partial charge in [0.1, 0.15) is 12.3 Å². The molecule has 1 amide bonds. The molecular weight excluding hydrogens is 396 g/mol. The fourth-order valence-electron chi connectivity index (χ4n) is 2.07. The lowest BCUT2D eigenvalue weighted by Crippen LogP contribution is -2.39. The maximum atomic E-state index is 12.4. The van der Waals surface area contributed by atoms with Gasteiger partial charge < -0.3 is 14.5 Å². The highest BCUT2D eigenvalue weighted by molar-refractivity contribution is 7.89. The van der Waals surface area contributed by atoms with Gasteiger partial charge in [0, 0.05) is 12.1 Å². The Labute approximate surface area is 162 Å². The molecule has 1 unspecified atom stereocenters. The van der Waals surface area contributed by atoms with Crippen LogP contribution in [-0.2, 0) is 30.9 Å². The summed E-state index contributed by atoms with van der Waals surface area (Å²) in [6, 6.07) is 8.92. The Hall–Kier alpha value is -2.36. The number of hydrogen-bond donors (Lipinski definition) is 1. The molecule has 1 aromatic carbocycles. The van der Waals surface area contributed by atoms with Crippen LogP contribution in [0, 0.1) is 0 Å². The van der Waals surface area contributed by atoms with Gasteiger partial charge in [-0.25, -0.2) is 8.42 Å². The third-order valence-corrected chi connectivity index (χ3v) is 5.64. The van der Waals surface area contributed by atoms with Crippen molar-refractivity contribution >= 4 is 33.5 Å². The first kappa shape index (κ1) is 20.9. The highest BCUT2D eigenvalue weighted by Crippen LogP contribution is 2.17. The summed E-state index contributed by atoms with van der Waals surface area (Å²) in [5.41, 5.74) is 0. The summed E-state index contributed by atoms with van der Waals surface area (Å²) in [5, 5.41) is 2.94. The number of nitrogens with one attached hydrogen (secondary N) is 1. The van der Waals surface area contributed by atoms with Gasteiger partial charge in [-0.1, -0.05) is 11.6 Å². The molecule has 146 valence electrons. The Kier molecular flexibility index (Phi) is 7.00. The van der Waals surface area contributed by atoms with Gasteiger partial charge >= 0.3 is 5.97 Å². The number of ether oxygens (including phenoxy) is 1. The number of sulfonamides is 1. The van der Waals surface area contributed by atoms with Gasteiger partial charge in [-0.3, -0.25) is 9.59 Å². The molecule has 0 aliphatic rings. The largest absolute Gasteiger partial charge is 0.467 e. The van der Waals surface area contributed by atoms with Crippen molar-refractivity contribution < 1.29 is 27.2 Å². The lowest BCUT2D eigenvalue weighted by Gasteiger charge is -2.18. The third kappa shape index (κ3) is 5.81. The average Bonchev–Trinajstić information content (AvgIpc) is 3.13. The smallest absolute Gasteiger partial charge is 0.322 e. The average molecular weight is 415 g/mol. The Morgan fingerprint density at radius 3 is 2.52 bits per heavy atom. The molecule has 27 heavy (non-hydrogen) atoms. The van der Waals surface area contributed by atoms with E-state index < -0.39 is 34.5 Å². The maximum Gasteiger partial charge on any atom is 0.322 e. The standard InChI is InChI=1S/C17H19ClN2O6S/c1-12(17(22)19-10-14-4-3-9-25-14)26-16(21)11-20(2)27(23,24)15-7-5-13(18)6-8-15/h3-9,12H,10-11H2,1-2H3,(H,19,22). The normalized spacial score (nSPS) is 12.6. The summed E-state index contributed by atoms with van der Waals surface area (Å²) in [4.78, 5) is 23.9. The van der Waals surface area contributed by atoms with Crippen molar-refractivity contribution in [1.82, 2.24) is 9.62 Å². The number of carbonyl (C=O) groups excluding carboxylic acids is 2. The zero-order chi connectivity index (χ0) is 20.0. The van der Waals surface area contributed by atoms with E-state index in [2.05, 4.69) is 5.32 Å². The minimum Gasteiger partial charge on any atom is -0.467 e. The molecule has 0 radical (unpaired) electrons. The number of hydrogen-bond acceptors (Lipinski definition) is 6. The van der Waals surface area contributed by atoms with E-state index in [1.54, 1.807) is 12.1 Å². The van der Waals surface area contributed by atoms with Gasteiger partial charge in [-0.2, -0.15) is 4.31 Å². The van der Waals surface area contributed by atoms with Gasteiger partial charge in [0.2, 0.25) is 10.0 Å². The number of benzene rings is 1. The highest BCUT2D eigenvalue weighted by Gasteiger charge is 2.25. The molecule has 0 spiro atoms. The Morgan fingerprint density at radius 1 is 1.26 bits per heavy atom. The van der Waals surface area contributed by atoms with Crippen molar-refractivity contribution in [3.63, 3.8) is 0 Å². The Balaban J connectivity index is 1.87. The molecule has 0 fully saturated rings. The molecule has 0 saturated heterocycles. The van der Waals surface area contributed by atoms with Gasteiger partial charge in [-0.15, -0.1) is 0 Å². The van der Waals surface area contributed by atoms with Crippen molar-refractivity contribution in [2.45, 2.75) is 24.5 Å². The summed E-state index contributed by atoms with van der Waals surface area (Å²) in [6.45, 7) is 1.00. The number of halogens is 1. The van der Waals surface area contributed by atoms with Crippen LogP contribution in [0.1, 0.15) is 12.7 Å². The second-order valence-electron chi connectivity index (χ2n) is 5.64. The van der Waals surface area contributed by atoms with Crippen LogP contribution in [-0.4, -0.2) is 44.3 Å². The van der Waals surface area contributed by atoms with Gasteiger partial charge in [-0.05, 0) is 43.3 Å². The lowest BCUT2D eigenvalue weighted by atomic mass is 10.3. The number of rotatable bonds is 8. The summed E-state index contributed by atoms with van der Waals surface area (Å²) >= 11 is 5.74. The fourth-order valence-corrected chi connectivity index (χ4v) is 3.31. The maximum absolute atomic E-state index is 12.4. The molecular formula is C17H19ClN2O6S. The van der Waals surface area contributed by atoms with E-state index >= 15 is 0 Å². The van der Waals surface area contributed by atoms with Crippen molar-refractivity contribution in [2.75, 3.05) is 13.6 Å². The van der Waals surface area contributed by atoms with Crippen molar-refractivity contribution in [2.24, 2.45) is 0 Å². The van der Waals surface area contributed by atoms with Crippen LogP contribution in [0.15, 0.2) is 52.0 Å². The molecule has 1 heterocycles. The van der Waals surface area contributed by atoms with E-state index in [1.807, 2.05) is 0 Å². The minimum atomic E-state index is -3.89. The predicted molar refractivity (Wildman–Crippen MR) is 97.4 cm³/mol. The summed E-state index contributed by atoms with van der Waals surface area (Å²) in [6.07, 6.45) is 0.390. The minimum absolute atomic E-state index is 0.00793. The first-order valence-corrected chi connectivity index (χ1v) is 9.73. The molecule has 8 nitrogen and oxygen atoms in total. The zero-order valence-electron chi connectivity index (χ0n) is 14.7. The first-order chi connectivity index (χ1) is 12.7. The van der Waals surface area contributed by atoms with E-state index in [4.69, 9.17) is 20.8 Å². The topological polar surface area (TPSA) is 106 Å². The zero-order valence-corrected chi connectivity index (χ0v) is 16.3. The van der Waals surface area contributed by atoms with Gasteiger partial charge in [0.25, 0.3) is 5.91 Å². The number of furan rings is 1. The molecule has 0 saturated carbocycles. The SMILES string of the molecule is CC(OC(=O)CN(C)S(=O)(=O)c1ccc(Cl)cc1)C(=O)NCc1ccco1. The number of nitrogens with zero attached hydrogens (tertiary/aromatic N) is 1. The molecule has 0 bridgehead atoms. The van der Waals surface area contributed by atoms with E-state index in [0.717, 1.165) is 4.31 Å². The molecule has 0 aliphatic heterocycles. The van der Waals surface area contributed by atoms with Crippen LogP contribution in [0.2, 0.25) is 5.02 Å². The monoisotopic (exact) mass is 414 g/mol. The lowest BCUT2D eigenvalue weighted by molar-refractivity contribution is -0.154. The first-order valence-electron chi connectivity index (χ1n) is 7.91. The van der Waals surface area contributed by atoms with Gasteiger partial charge in [0.05, 0.1) is 17.7 Å². The van der Waals surface area contributed by atoms with E-state index in [1.165, 1.54) is 44.5 Å². The quantitative estimate of drug-likeness (QED) is 0.660. The van der Waals surface area contributed by atoms with Gasteiger partial charge in [0.15, 0.2) is 6.10 Å². The van der Waals surface area contributed by atoms with Crippen molar-refractivity contribution in [3.8, 4) is 0 Å². The van der Waals surface area contributed by atoms with E-state index in [9.17, 15) is 18.0 Å². The second-order valence-corrected chi connectivity index (χ2v) is 8.13. The molecule has 0 aliphatic carbocycles. The van der Waals surface area contributed by atoms with Crippen LogP contribution in [0.4, 0.5) is 0 Å². The van der Waals surface area contributed by atoms with Crippen LogP contribution in [0.5, 0.6) is 0 Å². The number of esters is 1. The predicted octanol–water partition coefficient (Wildman–Crippen LogP) is 1.80. The van der Waals surface area contributed by atoms with Crippen molar-refractivity contribution in [3.05, 3.63) is 53.4 Å². The number of likely N-dealkylation sites (N-methyl/N-ethyl adjacent to an activating group) is 1. The van der Waals surface area contributed by atoms with Crippen LogP contribution >= 0.6 is 11.6 Å². The highest BCUT2D eigenvalue weighted by atomic mass is 35.5. The van der Waals surface area contributed by atoms with E-state index in [0.29, 0.717) is 10.8 Å². The van der Waals surface area contributed by atoms with E-state index in [-0.39, 0.29) is 11.4 Å². The second kappa shape index (κ2) is 9.03. The molecule has 1 aromatic heterocycles. The summed E-state index contributed by atoms with van der Waals surface area (Å²) in [5.74, 6) is -0.825. The Bertz CT molecular complexity index is 881. The fraction of sp³-hybridized carbons (Fsp3) is 0.294. The molecule has 2 aromatic rings.